The van der Waals surface area contributed by atoms with Crippen molar-refractivity contribution in [3.63, 3.8) is 0 Å². The Bertz CT molecular complexity index is 1080. The number of benzene rings is 2. The van der Waals surface area contributed by atoms with Crippen LogP contribution in [0.2, 0.25) is 0 Å². The number of carbonyl (C=O) groups excluding carboxylic acids is 2. The number of nitrogens with one attached hydrogen (secondary N) is 1. The summed E-state index contributed by atoms with van der Waals surface area (Å²) in [5, 5.41) is 12.3. The number of amides is 1. The second kappa shape index (κ2) is 10.5. The Balaban J connectivity index is 1.47. The molecule has 4 rings (SSSR count). The molecule has 1 fully saturated rings. The van der Waals surface area contributed by atoms with Gasteiger partial charge in [-0.05, 0) is 31.2 Å². The maximum absolute atomic E-state index is 12.5. The van der Waals surface area contributed by atoms with Gasteiger partial charge in [-0.25, -0.2) is 0 Å². The fourth-order valence-electron chi connectivity index (χ4n) is 3.44. The number of hydrogen-bond acceptors (Lipinski definition) is 7. The lowest BCUT2D eigenvalue weighted by molar-refractivity contribution is -0.113. The lowest BCUT2D eigenvalue weighted by Crippen LogP contribution is -2.36. The number of Topliss-reactive ketones (excluding diaryl/α,β-unsaturated/α-hetero) is 1. The number of aromatic nitrogens is 3. The zero-order chi connectivity index (χ0) is 22.3. The first-order valence-corrected chi connectivity index (χ1v) is 11.4. The molecule has 0 unspecified atom stereocenters. The quantitative estimate of drug-likeness (QED) is 0.416. The summed E-state index contributed by atoms with van der Waals surface area (Å²) in [7, 11) is 0. The Morgan fingerprint density at radius 1 is 1.06 bits per heavy atom. The SMILES string of the molecule is CC(=O)c1cccc(NC(=O)CSc2nnc(CN3CCOCC3)n2-c2ccccc2)c1. The number of rotatable bonds is 8. The molecule has 8 nitrogen and oxygen atoms in total. The van der Waals surface area contributed by atoms with Gasteiger partial charge < -0.3 is 10.1 Å². The zero-order valence-corrected chi connectivity index (χ0v) is 18.7. The Hall–Kier alpha value is -3.01. The monoisotopic (exact) mass is 451 g/mol. The number of ketones is 1. The number of anilines is 1. The van der Waals surface area contributed by atoms with Gasteiger partial charge in [0.15, 0.2) is 16.8 Å². The molecule has 9 heteroatoms. The summed E-state index contributed by atoms with van der Waals surface area (Å²) in [4.78, 5) is 26.4. The van der Waals surface area contributed by atoms with Crippen LogP contribution in [0.4, 0.5) is 5.69 Å². The molecule has 0 spiro atoms. The molecule has 3 aromatic rings. The molecule has 0 bridgehead atoms. The first-order chi connectivity index (χ1) is 15.6. The number of carbonyl (C=O) groups is 2. The minimum Gasteiger partial charge on any atom is -0.379 e. The summed E-state index contributed by atoms with van der Waals surface area (Å²) in [5.74, 6) is 0.787. The van der Waals surface area contributed by atoms with Crippen molar-refractivity contribution in [2.45, 2.75) is 18.6 Å². The van der Waals surface area contributed by atoms with Gasteiger partial charge in [-0.15, -0.1) is 10.2 Å². The third-order valence-electron chi connectivity index (χ3n) is 5.07. The molecule has 1 aliphatic heterocycles. The third-order valence-corrected chi connectivity index (χ3v) is 6.00. The molecule has 0 radical (unpaired) electrons. The van der Waals surface area contributed by atoms with E-state index >= 15 is 0 Å². The predicted octanol–water partition coefficient (Wildman–Crippen LogP) is 3.03. The first kappa shape index (κ1) is 22.2. The topological polar surface area (TPSA) is 89.3 Å². The smallest absolute Gasteiger partial charge is 0.234 e. The second-order valence-corrected chi connectivity index (χ2v) is 8.37. The van der Waals surface area contributed by atoms with Gasteiger partial charge in [0.25, 0.3) is 0 Å². The molecule has 1 N–H and O–H groups in total. The minimum atomic E-state index is -0.173. The highest BCUT2D eigenvalue weighted by Crippen LogP contribution is 2.23. The summed E-state index contributed by atoms with van der Waals surface area (Å²) in [6.45, 7) is 5.30. The molecule has 1 saturated heterocycles. The van der Waals surface area contributed by atoms with E-state index in [1.54, 1.807) is 24.3 Å². The number of thioether (sulfide) groups is 1. The van der Waals surface area contributed by atoms with Crippen LogP contribution in [0.3, 0.4) is 0 Å². The summed E-state index contributed by atoms with van der Waals surface area (Å²) in [5.41, 5.74) is 2.12. The van der Waals surface area contributed by atoms with E-state index in [2.05, 4.69) is 20.4 Å². The molecular formula is C23H25N5O3S. The molecular weight excluding hydrogens is 426 g/mol. The van der Waals surface area contributed by atoms with Crippen molar-refractivity contribution in [3.05, 3.63) is 66.0 Å². The van der Waals surface area contributed by atoms with E-state index in [1.807, 2.05) is 34.9 Å². The first-order valence-electron chi connectivity index (χ1n) is 10.4. The fourth-order valence-corrected chi connectivity index (χ4v) is 4.21. The van der Waals surface area contributed by atoms with Gasteiger partial charge in [0, 0.05) is 30.0 Å². The standard InChI is InChI=1S/C23H25N5O3S/c1-17(29)18-6-5-7-19(14-18)24-22(30)16-32-23-26-25-21(15-27-10-12-31-13-11-27)28(23)20-8-3-2-4-9-20/h2-9,14H,10-13,15-16H2,1H3,(H,24,30). The number of morpholine rings is 1. The van der Waals surface area contributed by atoms with Crippen LogP contribution in [0.15, 0.2) is 59.8 Å². The molecule has 1 amide bonds. The van der Waals surface area contributed by atoms with Crippen LogP contribution >= 0.6 is 11.8 Å². The molecule has 1 aliphatic rings. The lowest BCUT2D eigenvalue weighted by atomic mass is 10.1. The van der Waals surface area contributed by atoms with Gasteiger partial charge in [0.2, 0.25) is 5.91 Å². The largest absolute Gasteiger partial charge is 0.379 e. The van der Waals surface area contributed by atoms with Gasteiger partial charge in [0.05, 0.1) is 25.5 Å². The average Bonchev–Trinajstić information content (AvgIpc) is 3.21. The maximum Gasteiger partial charge on any atom is 0.234 e. The van der Waals surface area contributed by atoms with Gasteiger partial charge in [-0.3, -0.25) is 19.1 Å². The number of hydrogen-bond donors (Lipinski definition) is 1. The van der Waals surface area contributed by atoms with Crippen LogP contribution < -0.4 is 5.32 Å². The molecule has 0 aliphatic carbocycles. The highest BCUT2D eigenvalue weighted by atomic mass is 32.2. The van der Waals surface area contributed by atoms with Gasteiger partial charge >= 0.3 is 0 Å². The second-order valence-electron chi connectivity index (χ2n) is 7.43. The van der Waals surface area contributed by atoms with Crippen molar-refractivity contribution in [3.8, 4) is 5.69 Å². The normalized spacial score (nSPS) is 14.3. The highest BCUT2D eigenvalue weighted by Gasteiger charge is 2.19. The van der Waals surface area contributed by atoms with Crippen LogP contribution in [0, 0.1) is 0 Å². The van der Waals surface area contributed by atoms with Crippen molar-refractivity contribution < 1.29 is 14.3 Å². The van der Waals surface area contributed by atoms with E-state index < -0.39 is 0 Å². The fraction of sp³-hybridized carbons (Fsp3) is 0.304. The third kappa shape index (κ3) is 5.61. The predicted molar refractivity (Wildman–Crippen MR) is 123 cm³/mol. The Morgan fingerprint density at radius 3 is 2.59 bits per heavy atom. The summed E-state index contributed by atoms with van der Waals surface area (Å²) >= 11 is 1.33. The van der Waals surface area contributed by atoms with E-state index in [0.717, 1.165) is 24.6 Å². The number of ether oxygens (including phenoxy) is 1. The Kier molecular flexibility index (Phi) is 7.31. The van der Waals surface area contributed by atoms with Crippen molar-refractivity contribution in [1.29, 1.82) is 0 Å². The molecule has 0 atom stereocenters. The zero-order valence-electron chi connectivity index (χ0n) is 17.9. The summed E-state index contributed by atoms with van der Waals surface area (Å²) < 4.78 is 7.44. The van der Waals surface area contributed by atoms with Crippen LogP contribution in [-0.2, 0) is 16.1 Å². The molecule has 166 valence electrons. The molecule has 2 aromatic carbocycles. The highest BCUT2D eigenvalue weighted by molar-refractivity contribution is 7.99. The molecule has 32 heavy (non-hydrogen) atoms. The number of nitrogens with zero attached hydrogens (tertiary/aromatic N) is 4. The van der Waals surface area contributed by atoms with E-state index in [9.17, 15) is 9.59 Å². The van der Waals surface area contributed by atoms with Gasteiger partial charge in [-0.1, -0.05) is 42.1 Å². The van der Waals surface area contributed by atoms with E-state index in [-0.39, 0.29) is 17.4 Å². The molecule has 0 saturated carbocycles. The van der Waals surface area contributed by atoms with Crippen LogP contribution in [0.25, 0.3) is 5.69 Å². The molecule has 2 heterocycles. The maximum atomic E-state index is 12.5. The Labute approximate surface area is 191 Å². The van der Waals surface area contributed by atoms with Gasteiger partial charge in [0.1, 0.15) is 0 Å². The van der Waals surface area contributed by atoms with E-state index in [1.165, 1.54) is 18.7 Å². The van der Waals surface area contributed by atoms with Crippen LogP contribution in [-0.4, -0.2) is 63.4 Å². The number of para-hydroxylation sites is 1. The Morgan fingerprint density at radius 2 is 1.84 bits per heavy atom. The van der Waals surface area contributed by atoms with Crippen molar-refractivity contribution in [1.82, 2.24) is 19.7 Å². The summed E-state index contributed by atoms with van der Waals surface area (Å²) in [6, 6.07) is 16.8. The van der Waals surface area contributed by atoms with Crippen molar-refractivity contribution in [2.24, 2.45) is 0 Å². The van der Waals surface area contributed by atoms with E-state index in [0.29, 0.717) is 36.2 Å². The summed E-state index contributed by atoms with van der Waals surface area (Å²) in [6.07, 6.45) is 0. The average molecular weight is 452 g/mol. The van der Waals surface area contributed by atoms with E-state index in [4.69, 9.17) is 4.74 Å². The van der Waals surface area contributed by atoms with Crippen LogP contribution in [0.5, 0.6) is 0 Å². The molecule has 1 aromatic heterocycles. The lowest BCUT2D eigenvalue weighted by Gasteiger charge is -2.26. The van der Waals surface area contributed by atoms with Crippen LogP contribution in [0.1, 0.15) is 23.1 Å². The van der Waals surface area contributed by atoms with Gasteiger partial charge in [-0.2, -0.15) is 0 Å². The van der Waals surface area contributed by atoms with Crippen molar-refractivity contribution >= 4 is 29.1 Å². The van der Waals surface area contributed by atoms with Crippen molar-refractivity contribution in [2.75, 3.05) is 37.4 Å². The minimum absolute atomic E-state index is 0.0424.